The van der Waals surface area contributed by atoms with Crippen molar-refractivity contribution in [2.75, 3.05) is 72.6 Å². The molecule has 0 fully saturated rings. The van der Waals surface area contributed by atoms with Gasteiger partial charge in [0.2, 0.25) is 5.91 Å². The van der Waals surface area contributed by atoms with Crippen LogP contribution in [0.2, 0.25) is 0 Å². The third-order valence-corrected chi connectivity index (χ3v) is 4.34. The summed E-state index contributed by atoms with van der Waals surface area (Å²) in [7, 11) is 0. The van der Waals surface area contributed by atoms with Crippen molar-refractivity contribution in [2.24, 2.45) is 5.73 Å². The van der Waals surface area contributed by atoms with Crippen molar-refractivity contribution in [2.45, 2.75) is 25.7 Å². The maximum absolute atomic E-state index is 11.8. The molecule has 1 rings (SSSR count). The first-order chi connectivity index (χ1) is 16.0. The highest BCUT2D eigenvalue weighted by Crippen LogP contribution is 2.07. The van der Waals surface area contributed by atoms with Crippen LogP contribution >= 0.6 is 0 Å². The molecular formula is C21H35N3O9. The number of nitrogens with zero attached hydrogens (tertiary/aromatic N) is 1. The predicted molar refractivity (Wildman–Crippen MR) is 116 cm³/mol. The van der Waals surface area contributed by atoms with Crippen molar-refractivity contribution in [1.82, 2.24) is 10.2 Å². The smallest absolute Gasteiger partial charge is 0.404 e. The molecule has 3 N–H and O–H groups in total. The topological polar surface area (TPSA) is 156 Å². The minimum atomic E-state index is -0.824. The van der Waals surface area contributed by atoms with Crippen LogP contribution in [0.4, 0.5) is 4.79 Å². The van der Waals surface area contributed by atoms with Gasteiger partial charge in [-0.15, -0.1) is 0 Å². The number of nitrogens with one attached hydrogen (secondary N) is 1. The van der Waals surface area contributed by atoms with E-state index in [0.29, 0.717) is 78.6 Å². The van der Waals surface area contributed by atoms with Crippen molar-refractivity contribution in [3.8, 4) is 0 Å². The summed E-state index contributed by atoms with van der Waals surface area (Å²) in [6.45, 7) is 4.09. The number of unbranched alkanes of at least 4 members (excludes halogenated alkanes) is 2. The summed E-state index contributed by atoms with van der Waals surface area (Å²) in [4.78, 5) is 46.1. The maximum Gasteiger partial charge on any atom is 0.404 e. The quantitative estimate of drug-likeness (QED) is 0.169. The largest absolute Gasteiger partial charge is 0.447 e. The number of ether oxygens (including phenoxy) is 5. The first-order valence-corrected chi connectivity index (χ1v) is 11.0. The number of hydrogen-bond donors (Lipinski definition) is 2. The molecule has 0 aromatic carbocycles. The molecule has 0 aromatic rings. The normalized spacial score (nSPS) is 13.0. The van der Waals surface area contributed by atoms with Gasteiger partial charge in [0.1, 0.15) is 6.61 Å². The molecule has 1 aliphatic rings. The third kappa shape index (κ3) is 15.8. The average Bonchev–Trinajstić information content (AvgIpc) is 3.10. The predicted octanol–water partition coefficient (Wildman–Crippen LogP) is -0.250. The van der Waals surface area contributed by atoms with Crippen LogP contribution in [-0.2, 0) is 38.1 Å². The van der Waals surface area contributed by atoms with Gasteiger partial charge in [0, 0.05) is 31.7 Å². The molecule has 12 nitrogen and oxygen atoms in total. The standard InChI is InChI=1S/C21H35N3O9/c22-21(28)33-17-16-32-15-14-31-13-12-30-11-10-29-9-7-23-18(25)4-2-1-3-8-24-19(26)5-6-20(24)27/h5-6H,1-4,7-17H2,(H2,22,28)(H,23,25). The van der Waals surface area contributed by atoms with Crippen molar-refractivity contribution >= 4 is 23.8 Å². The molecule has 0 bridgehead atoms. The van der Waals surface area contributed by atoms with Crippen LogP contribution in [0.5, 0.6) is 0 Å². The summed E-state index contributed by atoms with van der Waals surface area (Å²) in [5, 5.41) is 2.78. The molecule has 0 spiro atoms. The van der Waals surface area contributed by atoms with Gasteiger partial charge in [-0.2, -0.15) is 0 Å². The van der Waals surface area contributed by atoms with E-state index in [4.69, 9.17) is 24.7 Å². The van der Waals surface area contributed by atoms with Crippen LogP contribution in [0.1, 0.15) is 25.7 Å². The van der Waals surface area contributed by atoms with E-state index in [2.05, 4.69) is 10.1 Å². The monoisotopic (exact) mass is 473 g/mol. The molecule has 33 heavy (non-hydrogen) atoms. The number of imide groups is 1. The zero-order chi connectivity index (χ0) is 24.2. The lowest BCUT2D eigenvalue weighted by atomic mass is 10.2. The van der Waals surface area contributed by atoms with Crippen LogP contribution < -0.4 is 11.1 Å². The summed E-state index contributed by atoms with van der Waals surface area (Å²) < 4.78 is 25.7. The van der Waals surface area contributed by atoms with Crippen molar-refractivity contribution in [3.63, 3.8) is 0 Å². The van der Waals surface area contributed by atoms with Crippen LogP contribution in [0.15, 0.2) is 12.2 Å². The van der Waals surface area contributed by atoms with Gasteiger partial charge < -0.3 is 34.7 Å². The number of nitrogens with two attached hydrogens (primary N) is 1. The Kier molecular flexibility index (Phi) is 16.4. The van der Waals surface area contributed by atoms with Crippen molar-refractivity contribution in [3.05, 3.63) is 12.2 Å². The molecule has 1 aliphatic heterocycles. The van der Waals surface area contributed by atoms with Gasteiger partial charge in [-0.1, -0.05) is 6.42 Å². The molecule has 0 aliphatic carbocycles. The Morgan fingerprint density at radius 3 is 1.82 bits per heavy atom. The Bertz CT molecular complexity index is 610. The second-order valence-corrected chi connectivity index (χ2v) is 6.94. The Labute approximate surface area is 193 Å². The van der Waals surface area contributed by atoms with E-state index >= 15 is 0 Å². The van der Waals surface area contributed by atoms with E-state index < -0.39 is 6.09 Å². The molecule has 1 heterocycles. The van der Waals surface area contributed by atoms with Crippen LogP contribution in [0, 0.1) is 0 Å². The number of hydrogen-bond acceptors (Lipinski definition) is 9. The molecular weight excluding hydrogens is 438 g/mol. The van der Waals surface area contributed by atoms with Gasteiger partial charge in [-0.05, 0) is 12.8 Å². The van der Waals surface area contributed by atoms with Crippen LogP contribution in [-0.4, -0.2) is 101 Å². The maximum atomic E-state index is 11.8. The van der Waals surface area contributed by atoms with Crippen LogP contribution in [0.25, 0.3) is 0 Å². The van der Waals surface area contributed by atoms with E-state index in [1.807, 2.05) is 0 Å². The summed E-state index contributed by atoms with van der Waals surface area (Å²) in [6.07, 6.45) is 4.26. The van der Waals surface area contributed by atoms with E-state index in [-0.39, 0.29) is 30.9 Å². The van der Waals surface area contributed by atoms with Crippen LogP contribution in [0.3, 0.4) is 0 Å². The molecule has 0 radical (unpaired) electrons. The van der Waals surface area contributed by atoms with Gasteiger partial charge in [0.05, 0.1) is 52.9 Å². The second kappa shape index (κ2) is 19.0. The Morgan fingerprint density at radius 1 is 0.758 bits per heavy atom. The molecule has 4 amide bonds. The Balaban J connectivity index is 1.76. The fourth-order valence-corrected chi connectivity index (χ4v) is 2.70. The summed E-state index contributed by atoms with van der Waals surface area (Å²) in [6, 6.07) is 0. The van der Waals surface area contributed by atoms with Gasteiger partial charge in [-0.25, -0.2) is 4.79 Å². The number of rotatable bonds is 21. The van der Waals surface area contributed by atoms with Gasteiger partial charge in [-0.3, -0.25) is 19.3 Å². The molecule has 0 atom stereocenters. The Hall–Kier alpha value is -2.54. The Morgan fingerprint density at radius 2 is 1.27 bits per heavy atom. The van der Waals surface area contributed by atoms with Gasteiger partial charge in [0.25, 0.3) is 11.8 Å². The fourth-order valence-electron chi connectivity index (χ4n) is 2.70. The lowest BCUT2D eigenvalue weighted by Gasteiger charge is -2.13. The molecule has 0 aromatic heterocycles. The zero-order valence-electron chi connectivity index (χ0n) is 19.0. The molecule has 12 heteroatoms. The van der Waals surface area contributed by atoms with E-state index in [9.17, 15) is 19.2 Å². The summed E-state index contributed by atoms with van der Waals surface area (Å²) in [5.41, 5.74) is 4.81. The lowest BCUT2D eigenvalue weighted by molar-refractivity contribution is -0.137. The molecule has 0 unspecified atom stereocenters. The highest BCUT2D eigenvalue weighted by molar-refractivity contribution is 6.12. The van der Waals surface area contributed by atoms with Crippen molar-refractivity contribution in [1.29, 1.82) is 0 Å². The van der Waals surface area contributed by atoms with E-state index in [0.717, 1.165) is 6.42 Å². The second-order valence-electron chi connectivity index (χ2n) is 6.94. The summed E-state index contributed by atoms with van der Waals surface area (Å²) >= 11 is 0. The first kappa shape index (κ1) is 28.5. The highest BCUT2D eigenvalue weighted by Gasteiger charge is 2.22. The number of amides is 4. The fraction of sp³-hybridized carbons (Fsp3) is 0.714. The summed E-state index contributed by atoms with van der Waals surface area (Å²) in [5.74, 6) is -0.597. The number of primary amides is 1. The first-order valence-electron chi connectivity index (χ1n) is 11.0. The number of carbonyl (C=O) groups excluding carboxylic acids is 4. The molecule has 0 saturated carbocycles. The lowest BCUT2D eigenvalue weighted by Crippen LogP contribution is -2.31. The SMILES string of the molecule is NC(=O)OCCOCCOCCOCCOCCNC(=O)CCCCCN1C(=O)C=CC1=O. The van der Waals surface area contributed by atoms with E-state index in [1.165, 1.54) is 17.1 Å². The molecule has 0 saturated heterocycles. The minimum absolute atomic E-state index is 0.0497. The zero-order valence-corrected chi connectivity index (χ0v) is 19.0. The average molecular weight is 474 g/mol. The van der Waals surface area contributed by atoms with Gasteiger partial charge >= 0.3 is 6.09 Å². The van der Waals surface area contributed by atoms with E-state index in [1.54, 1.807) is 0 Å². The highest BCUT2D eigenvalue weighted by atomic mass is 16.6. The van der Waals surface area contributed by atoms with Crippen molar-refractivity contribution < 1.29 is 42.9 Å². The molecule has 188 valence electrons. The third-order valence-electron chi connectivity index (χ3n) is 4.34. The van der Waals surface area contributed by atoms with Gasteiger partial charge in [0.15, 0.2) is 0 Å². The minimum Gasteiger partial charge on any atom is -0.447 e. The number of carbonyl (C=O) groups is 4.